The van der Waals surface area contributed by atoms with Gasteiger partial charge >= 0.3 is 6.09 Å². The summed E-state index contributed by atoms with van der Waals surface area (Å²) in [5.41, 5.74) is 2.35. The molecule has 0 aromatic carbocycles. The highest BCUT2D eigenvalue weighted by Crippen LogP contribution is 2.24. The van der Waals surface area contributed by atoms with Crippen molar-refractivity contribution in [2.24, 2.45) is 0 Å². The third-order valence-electron chi connectivity index (χ3n) is 5.82. The maximum absolute atomic E-state index is 13.1. The van der Waals surface area contributed by atoms with Crippen LogP contribution in [0.3, 0.4) is 0 Å². The van der Waals surface area contributed by atoms with Crippen molar-refractivity contribution in [3.8, 4) is 11.9 Å². The Bertz CT molecular complexity index is 1330. The number of hydrogen-bond donors (Lipinski definition) is 1. The second-order valence-corrected chi connectivity index (χ2v) is 10.9. The first kappa shape index (κ1) is 27.0. The van der Waals surface area contributed by atoms with Gasteiger partial charge in [-0.15, -0.1) is 0 Å². The van der Waals surface area contributed by atoms with E-state index in [1.807, 2.05) is 20.8 Å². The van der Waals surface area contributed by atoms with Gasteiger partial charge in [0.15, 0.2) is 0 Å². The maximum Gasteiger partial charge on any atom is 0.410 e. The van der Waals surface area contributed by atoms with Crippen molar-refractivity contribution in [1.29, 1.82) is 5.26 Å². The Morgan fingerprint density at radius 1 is 1.21 bits per heavy atom. The van der Waals surface area contributed by atoms with E-state index in [0.717, 1.165) is 4.88 Å². The number of aryl methyl sites for hydroxylation is 1. The van der Waals surface area contributed by atoms with E-state index in [-0.39, 0.29) is 18.1 Å². The molecule has 4 rings (SSSR count). The van der Waals surface area contributed by atoms with E-state index in [4.69, 9.17) is 14.7 Å². The highest BCUT2D eigenvalue weighted by Gasteiger charge is 2.28. The summed E-state index contributed by atoms with van der Waals surface area (Å²) >= 11 is 1.25. The Balaban J connectivity index is 1.32. The number of carbonyl (C=O) groups excluding carboxylic acids is 2. The summed E-state index contributed by atoms with van der Waals surface area (Å²) in [6, 6.07) is 8.91. The Morgan fingerprint density at radius 3 is 2.63 bits per heavy atom. The Morgan fingerprint density at radius 2 is 1.97 bits per heavy atom. The average Bonchev–Trinajstić information content (AvgIpc) is 3.24. The third kappa shape index (κ3) is 7.04. The molecular weight excluding hydrogens is 504 g/mol. The molecule has 10 nitrogen and oxygen atoms in total. The van der Waals surface area contributed by atoms with Crippen molar-refractivity contribution in [2.45, 2.75) is 58.7 Å². The minimum atomic E-state index is -0.521. The summed E-state index contributed by atoms with van der Waals surface area (Å²) in [6.45, 7) is 8.46. The zero-order chi connectivity index (χ0) is 27.3. The second kappa shape index (κ2) is 11.6. The molecule has 1 aliphatic rings. The van der Waals surface area contributed by atoms with E-state index in [1.54, 1.807) is 48.5 Å². The number of amides is 2. The SMILES string of the molecule is Cc1nsc(Cc2cc(C#N)ccn2)c1C(=O)Nc1ccc(OC2CCN(C(=O)OC(C)(C)C)CC2)nc1. The van der Waals surface area contributed by atoms with Crippen molar-refractivity contribution in [3.63, 3.8) is 0 Å². The molecule has 0 bridgehead atoms. The van der Waals surface area contributed by atoms with E-state index in [1.165, 1.54) is 11.5 Å². The zero-order valence-electron chi connectivity index (χ0n) is 21.9. The van der Waals surface area contributed by atoms with Crippen LogP contribution in [0.1, 0.15) is 65.8 Å². The van der Waals surface area contributed by atoms with Gasteiger partial charge in [0.1, 0.15) is 11.7 Å². The molecule has 38 heavy (non-hydrogen) atoms. The number of ether oxygens (including phenoxy) is 2. The van der Waals surface area contributed by atoms with Crippen molar-refractivity contribution in [3.05, 3.63) is 64.1 Å². The molecule has 0 aliphatic carbocycles. The molecule has 0 saturated carbocycles. The summed E-state index contributed by atoms with van der Waals surface area (Å²) in [4.78, 5) is 36.5. The minimum absolute atomic E-state index is 0.0585. The lowest BCUT2D eigenvalue weighted by molar-refractivity contribution is 0.0123. The Kier molecular flexibility index (Phi) is 8.22. The molecule has 3 aromatic heterocycles. The van der Waals surface area contributed by atoms with Crippen LogP contribution < -0.4 is 10.1 Å². The third-order valence-corrected chi connectivity index (χ3v) is 6.76. The van der Waals surface area contributed by atoms with Gasteiger partial charge in [-0.05, 0) is 57.4 Å². The zero-order valence-corrected chi connectivity index (χ0v) is 22.7. The van der Waals surface area contributed by atoms with E-state index in [9.17, 15) is 9.59 Å². The number of pyridine rings is 2. The van der Waals surface area contributed by atoms with Gasteiger partial charge in [-0.25, -0.2) is 9.78 Å². The number of aromatic nitrogens is 3. The van der Waals surface area contributed by atoms with Gasteiger partial charge in [0.25, 0.3) is 5.91 Å². The van der Waals surface area contributed by atoms with Gasteiger partial charge in [0.05, 0.1) is 34.8 Å². The van der Waals surface area contributed by atoms with Crippen LogP contribution in [0.15, 0.2) is 36.7 Å². The number of nitrogens with zero attached hydrogens (tertiary/aromatic N) is 5. The van der Waals surface area contributed by atoms with Gasteiger partial charge in [0.2, 0.25) is 5.88 Å². The molecule has 11 heteroatoms. The molecule has 0 spiro atoms. The highest BCUT2D eigenvalue weighted by molar-refractivity contribution is 7.06. The molecule has 0 radical (unpaired) electrons. The number of anilines is 1. The fraction of sp³-hybridized carbons (Fsp3) is 0.407. The molecule has 1 saturated heterocycles. The summed E-state index contributed by atoms with van der Waals surface area (Å²) in [5, 5.41) is 12.0. The Labute approximate surface area is 225 Å². The van der Waals surface area contributed by atoms with Gasteiger partial charge in [-0.2, -0.15) is 9.64 Å². The van der Waals surface area contributed by atoms with Gasteiger partial charge < -0.3 is 19.7 Å². The molecule has 1 N–H and O–H groups in total. The maximum atomic E-state index is 13.1. The van der Waals surface area contributed by atoms with Crippen LogP contribution in [-0.2, 0) is 11.2 Å². The predicted molar refractivity (Wildman–Crippen MR) is 142 cm³/mol. The topological polar surface area (TPSA) is 130 Å². The largest absolute Gasteiger partial charge is 0.474 e. The minimum Gasteiger partial charge on any atom is -0.474 e. The number of carbonyl (C=O) groups is 2. The first-order chi connectivity index (χ1) is 18.1. The fourth-order valence-corrected chi connectivity index (χ4v) is 4.89. The van der Waals surface area contributed by atoms with E-state index in [0.29, 0.717) is 66.4 Å². The number of piperidine rings is 1. The lowest BCUT2D eigenvalue weighted by atomic mass is 10.1. The second-order valence-electron chi connectivity index (χ2n) is 10.0. The van der Waals surface area contributed by atoms with Crippen LogP contribution in [-0.4, -0.2) is 56.0 Å². The number of nitrogens with one attached hydrogen (secondary N) is 1. The van der Waals surface area contributed by atoms with Crippen molar-refractivity contribution in [2.75, 3.05) is 18.4 Å². The summed E-state index contributed by atoms with van der Waals surface area (Å²) in [5.74, 6) is 0.170. The summed E-state index contributed by atoms with van der Waals surface area (Å²) in [7, 11) is 0. The van der Waals surface area contributed by atoms with E-state index >= 15 is 0 Å². The molecule has 3 aromatic rings. The molecule has 198 valence electrons. The smallest absolute Gasteiger partial charge is 0.410 e. The average molecular weight is 535 g/mol. The molecular formula is C27H30N6O4S. The molecule has 0 unspecified atom stereocenters. The normalized spacial score (nSPS) is 14.0. The highest BCUT2D eigenvalue weighted by atomic mass is 32.1. The summed E-state index contributed by atoms with van der Waals surface area (Å²) < 4.78 is 15.8. The van der Waals surface area contributed by atoms with Gasteiger partial charge in [-0.3, -0.25) is 9.78 Å². The number of nitriles is 1. The quantitative estimate of drug-likeness (QED) is 0.480. The van der Waals surface area contributed by atoms with Gasteiger partial charge in [0, 0.05) is 55.2 Å². The lowest BCUT2D eigenvalue weighted by Gasteiger charge is -2.33. The molecule has 1 aliphatic heterocycles. The van der Waals surface area contributed by atoms with E-state index in [2.05, 4.69) is 25.7 Å². The standard InChI is InChI=1S/C27H30N6O4S/c1-17-24(22(38-32-17)14-20-13-18(15-28)7-10-29-20)25(34)31-19-5-6-23(30-16-19)36-21-8-11-33(12-9-21)26(35)37-27(2,3)4/h5-7,10,13,16,21H,8-9,11-12,14H2,1-4H3,(H,31,34). The van der Waals surface area contributed by atoms with Crippen LogP contribution in [0.4, 0.5) is 10.5 Å². The van der Waals surface area contributed by atoms with Crippen molar-refractivity contribution in [1.82, 2.24) is 19.2 Å². The molecule has 4 heterocycles. The lowest BCUT2D eigenvalue weighted by Crippen LogP contribution is -2.44. The van der Waals surface area contributed by atoms with Crippen LogP contribution in [0.2, 0.25) is 0 Å². The Hall–Kier alpha value is -4.04. The van der Waals surface area contributed by atoms with Crippen LogP contribution in [0.25, 0.3) is 0 Å². The monoisotopic (exact) mass is 534 g/mol. The molecule has 0 atom stereocenters. The summed E-state index contributed by atoms with van der Waals surface area (Å²) in [6.07, 6.45) is 4.54. The number of hydrogen-bond acceptors (Lipinski definition) is 9. The van der Waals surface area contributed by atoms with E-state index < -0.39 is 5.60 Å². The van der Waals surface area contributed by atoms with Crippen molar-refractivity contribution >= 4 is 29.2 Å². The number of rotatable bonds is 6. The van der Waals surface area contributed by atoms with Crippen LogP contribution >= 0.6 is 11.5 Å². The van der Waals surface area contributed by atoms with Gasteiger partial charge in [-0.1, -0.05) is 0 Å². The van der Waals surface area contributed by atoms with Crippen LogP contribution in [0.5, 0.6) is 5.88 Å². The first-order valence-corrected chi connectivity index (χ1v) is 13.1. The number of likely N-dealkylation sites (tertiary alicyclic amines) is 1. The first-order valence-electron chi connectivity index (χ1n) is 12.3. The fourth-order valence-electron chi connectivity index (χ4n) is 4.01. The molecule has 2 amide bonds. The molecule has 1 fully saturated rings. The predicted octanol–water partition coefficient (Wildman–Crippen LogP) is 4.73. The van der Waals surface area contributed by atoms with Crippen LogP contribution in [0, 0.1) is 18.3 Å². The van der Waals surface area contributed by atoms with Crippen molar-refractivity contribution < 1.29 is 19.1 Å².